The summed E-state index contributed by atoms with van der Waals surface area (Å²) >= 11 is 0. The molecule has 4 rings (SSSR count). The lowest BCUT2D eigenvalue weighted by molar-refractivity contribution is 0.391. The van der Waals surface area contributed by atoms with Crippen molar-refractivity contribution in [3.05, 3.63) is 89.0 Å². The Morgan fingerprint density at radius 3 is 2.29 bits per heavy atom. The van der Waals surface area contributed by atoms with Gasteiger partial charge in [-0.25, -0.2) is 16.8 Å². The molecule has 9 heteroatoms. The second-order valence-corrected chi connectivity index (χ2v) is 12.2. The Kier molecular flexibility index (Phi) is 6.97. The second kappa shape index (κ2) is 9.77. The van der Waals surface area contributed by atoms with Gasteiger partial charge in [-0.2, -0.15) is 4.31 Å². The molecule has 7 nitrogen and oxygen atoms in total. The van der Waals surface area contributed by atoms with Gasteiger partial charge in [-0.05, 0) is 72.9 Å². The second-order valence-electron chi connectivity index (χ2n) is 8.40. The first-order chi connectivity index (χ1) is 16.2. The molecule has 0 radical (unpaired) electrons. The molecule has 0 atom stereocenters. The minimum Gasteiger partial charge on any atom is -0.497 e. The minimum atomic E-state index is -3.63. The molecule has 3 aromatic carbocycles. The fourth-order valence-corrected chi connectivity index (χ4v) is 6.45. The van der Waals surface area contributed by atoms with Gasteiger partial charge in [0.1, 0.15) is 5.75 Å². The molecule has 0 bridgehead atoms. The van der Waals surface area contributed by atoms with Crippen LogP contribution in [-0.4, -0.2) is 40.5 Å². The molecular weight excluding hydrogens is 472 g/mol. The average Bonchev–Trinajstić information content (AvgIpc) is 2.82. The average molecular weight is 501 g/mol. The van der Waals surface area contributed by atoms with Crippen molar-refractivity contribution in [2.45, 2.75) is 31.2 Å². The lowest BCUT2D eigenvalue weighted by atomic mass is 10.0. The Bertz CT molecular complexity index is 1370. The molecule has 1 heterocycles. The Morgan fingerprint density at radius 2 is 1.62 bits per heavy atom. The molecule has 0 unspecified atom stereocenters. The summed E-state index contributed by atoms with van der Waals surface area (Å²) in [7, 11) is -5.62. The van der Waals surface area contributed by atoms with Gasteiger partial charge in [-0.15, -0.1) is 0 Å². The first-order valence-electron chi connectivity index (χ1n) is 11.0. The van der Waals surface area contributed by atoms with Crippen molar-refractivity contribution in [3.8, 4) is 5.75 Å². The van der Waals surface area contributed by atoms with Crippen LogP contribution in [0.15, 0.2) is 71.6 Å². The molecule has 1 aliphatic heterocycles. The lowest BCUT2D eigenvalue weighted by Crippen LogP contribution is -2.36. The van der Waals surface area contributed by atoms with Crippen LogP contribution in [0.3, 0.4) is 0 Å². The maximum atomic E-state index is 13.1. The number of fused-ring (bicyclic) bond motifs is 1. The van der Waals surface area contributed by atoms with Crippen LogP contribution >= 0.6 is 0 Å². The molecule has 34 heavy (non-hydrogen) atoms. The molecule has 0 aliphatic carbocycles. The smallest absolute Gasteiger partial charge is 0.243 e. The van der Waals surface area contributed by atoms with E-state index in [-0.39, 0.29) is 17.2 Å². The molecule has 1 aliphatic rings. The number of methoxy groups -OCH3 is 1. The number of anilines is 1. The Balaban J connectivity index is 1.45. The van der Waals surface area contributed by atoms with Crippen LogP contribution in [0.1, 0.15) is 22.3 Å². The number of aryl methyl sites for hydroxylation is 2. The number of rotatable bonds is 8. The van der Waals surface area contributed by atoms with Gasteiger partial charge >= 0.3 is 0 Å². The summed E-state index contributed by atoms with van der Waals surface area (Å²) in [5, 5.41) is 0. The number of nitrogens with zero attached hydrogens (tertiary/aromatic N) is 1. The quantitative estimate of drug-likeness (QED) is 0.509. The first kappa shape index (κ1) is 24.3. The molecular formula is C25H28N2O5S2. The van der Waals surface area contributed by atoms with Gasteiger partial charge in [0.2, 0.25) is 20.0 Å². The molecule has 0 saturated heterocycles. The standard InChI is InChI=1S/C25H28N2O5S2/c1-19-3-11-25(12-4-19)34(30,31)27-15-13-21-7-8-23(17-22(21)18-27)26-33(28,29)16-14-20-5-9-24(32-2)10-6-20/h3-12,17,26H,13-16,18H2,1-2H3. The number of sulfonamides is 2. The summed E-state index contributed by atoms with van der Waals surface area (Å²) in [5.74, 6) is 0.655. The van der Waals surface area contributed by atoms with Crippen molar-refractivity contribution in [1.29, 1.82) is 0 Å². The Morgan fingerprint density at radius 1 is 0.912 bits per heavy atom. The number of nitrogens with one attached hydrogen (secondary N) is 1. The zero-order valence-electron chi connectivity index (χ0n) is 19.2. The molecule has 180 valence electrons. The van der Waals surface area contributed by atoms with Gasteiger partial charge in [0.15, 0.2) is 0 Å². The maximum absolute atomic E-state index is 13.1. The molecule has 0 aromatic heterocycles. The first-order valence-corrected chi connectivity index (χ1v) is 14.1. The summed E-state index contributed by atoms with van der Waals surface area (Å²) in [6.45, 7) is 2.50. The highest BCUT2D eigenvalue weighted by Gasteiger charge is 2.28. The number of hydrogen-bond donors (Lipinski definition) is 1. The van der Waals surface area contributed by atoms with E-state index in [4.69, 9.17) is 4.74 Å². The summed E-state index contributed by atoms with van der Waals surface area (Å²) in [4.78, 5) is 0.261. The third-order valence-corrected chi connectivity index (χ3v) is 9.08. The van der Waals surface area contributed by atoms with E-state index in [0.29, 0.717) is 25.1 Å². The summed E-state index contributed by atoms with van der Waals surface area (Å²) < 4.78 is 60.7. The molecule has 0 amide bonds. The predicted octanol–water partition coefficient (Wildman–Crippen LogP) is 3.74. The topological polar surface area (TPSA) is 92.8 Å². The van der Waals surface area contributed by atoms with Crippen molar-refractivity contribution < 1.29 is 21.6 Å². The van der Waals surface area contributed by atoms with Gasteiger partial charge in [0.25, 0.3) is 0 Å². The van der Waals surface area contributed by atoms with E-state index in [9.17, 15) is 16.8 Å². The van der Waals surface area contributed by atoms with Crippen molar-refractivity contribution in [2.24, 2.45) is 0 Å². The highest BCUT2D eigenvalue weighted by Crippen LogP contribution is 2.27. The maximum Gasteiger partial charge on any atom is 0.243 e. The monoisotopic (exact) mass is 500 g/mol. The molecule has 1 N–H and O–H groups in total. The van der Waals surface area contributed by atoms with Crippen LogP contribution in [0.5, 0.6) is 5.75 Å². The molecule has 0 spiro atoms. The van der Waals surface area contributed by atoms with Gasteiger partial charge in [0.05, 0.1) is 17.8 Å². The molecule has 3 aromatic rings. The van der Waals surface area contributed by atoms with Gasteiger partial charge in [-0.1, -0.05) is 35.9 Å². The third-order valence-electron chi connectivity index (χ3n) is 5.93. The van der Waals surface area contributed by atoms with Crippen LogP contribution in [0.4, 0.5) is 5.69 Å². The Hall–Kier alpha value is -2.88. The fourth-order valence-electron chi connectivity index (χ4n) is 3.93. The number of benzene rings is 3. The van der Waals surface area contributed by atoms with Crippen LogP contribution in [0, 0.1) is 6.92 Å². The van der Waals surface area contributed by atoms with E-state index in [2.05, 4.69) is 4.72 Å². The third kappa shape index (κ3) is 5.60. The zero-order valence-corrected chi connectivity index (χ0v) is 20.8. The molecule has 0 fully saturated rings. The minimum absolute atomic E-state index is 0.0651. The van der Waals surface area contributed by atoms with Gasteiger partial charge in [-0.3, -0.25) is 4.72 Å². The van der Waals surface area contributed by atoms with Crippen molar-refractivity contribution in [1.82, 2.24) is 4.31 Å². The van der Waals surface area contributed by atoms with Crippen LogP contribution < -0.4 is 9.46 Å². The lowest BCUT2D eigenvalue weighted by Gasteiger charge is -2.28. The summed E-state index contributed by atoms with van der Waals surface area (Å²) in [6, 6.07) is 19.4. The van der Waals surface area contributed by atoms with Crippen molar-refractivity contribution >= 4 is 25.7 Å². The van der Waals surface area contributed by atoms with Crippen LogP contribution in [0.25, 0.3) is 0 Å². The normalized spacial score (nSPS) is 14.4. The highest BCUT2D eigenvalue weighted by atomic mass is 32.2. The molecule has 0 saturated carbocycles. The van der Waals surface area contributed by atoms with E-state index in [0.717, 1.165) is 28.0 Å². The van der Waals surface area contributed by atoms with E-state index in [1.807, 2.05) is 25.1 Å². The van der Waals surface area contributed by atoms with E-state index >= 15 is 0 Å². The number of ether oxygens (including phenoxy) is 1. The fraction of sp³-hybridized carbons (Fsp3) is 0.280. The van der Waals surface area contributed by atoms with Crippen LogP contribution in [0.2, 0.25) is 0 Å². The van der Waals surface area contributed by atoms with E-state index in [1.165, 1.54) is 4.31 Å². The largest absolute Gasteiger partial charge is 0.497 e. The Labute approximate surface area is 201 Å². The summed E-state index contributed by atoms with van der Waals surface area (Å²) in [5.41, 5.74) is 4.15. The predicted molar refractivity (Wildman–Crippen MR) is 133 cm³/mol. The van der Waals surface area contributed by atoms with E-state index < -0.39 is 20.0 Å². The van der Waals surface area contributed by atoms with Crippen LogP contribution in [-0.2, 0) is 39.4 Å². The highest BCUT2D eigenvalue weighted by molar-refractivity contribution is 7.92. The zero-order chi connectivity index (χ0) is 24.3. The van der Waals surface area contributed by atoms with Gasteiger partial charge in [0, 0.05) is 18.8 Å². The van der Waals surface area contributed by atoms with Crippen molar-refractivity contribution in [3.63, 3.8) is 0 Å². The number of hydrogen-bond acceptors (Lipinski definition) is 5. The SMILES string of the molecule is COc1ccc(CCS(=O)(=O)Nc2ccc3c(c2)CN(S(=O)(=O)c2ccc(C)cc2)CC3)cc1. The van der Waals surface area contributed by atoms with Crippen molar-refractivity contribution in [2.75, 3.05) is 24.1 Å². The van der Waals surface area contributed by atoms with E-state index in [1.54, 1.807) is 55.6 Å². The van der Waals surface area contributed by atoms with Gasteiger partial charge < -0.3 is 4.74 Å². The summed E-state index contributed by atoms with van der Waals surface area (Å²) in [6.07, 6.45) is 0.942.